The van der Waals surface area contributed by atoms with E-state index in [0.717, 1.165) is 34.8 Å². The molecule has 2 unspecified atom stereocenters. The maximum absolute atomic E-state index is 11.3. The Hall–Kier alpha value is -2.18. The lowest BCUT2D eigenvalue weighted by molar-refractivity contribution is -0.136. The van der Waals surface area contributed by atoms with Crippen molar-refractivity contribution in [3.63, 3.8) is 0 Å². The number of carboxylic acid groups (broad SMARTS) is 1. The molecule has 1 aliphatic heterocycles. The SMILES string of the molecule is BC1=CC2C(C=C1)C(CC(=O)O)=CN2Cc1csc2c(NCC)cc(Cl)cc12. The minimum absolute atomic E-state index is 0.0790. The normalized spacial score (nSPS) is 20.9. The minimum Gasteiger partial charge on any atom is -0.481 e. The van der Waals surface area contributed by atoms with Gasteiger partial charge in [0, 0.05) is 35.6 Å². The zero-order valence-corrected chi connectivity index (χ0v) is 17.5. The van der Waals surface area contributed by atoms with Crippen LogP contribution in [0.2, 0.25) is 5.02 Å². The van der Waals surface area contributed by atoms with E-state index in [1.165, 1.54) is 15.7 Å². The summed E-state index contributed by atoms with van der Waals surface area (Å²) in [6.07, 6.45) is 8.59. The molecule has 28 heavy (non-hydrogen) atoms. The van der Waals surface area contributed by atoms with Crippen LogP contribution >= 0.6 is 22.9 Å². The molecule has 144 valence electrons. The number of thiophene rings is 1. The van der Waals surface area contributed by atoms with Gasteiger partial charge in [0.2, 0.25) is 0 Å². The fourth-order valence-corrected chi connectivity index (χ4v) is 5.37. The molecule has 2 aromatic rings. The fraction of sp³-hybridized carbons (Fsp3) is 0.286. The second-order valence-corrected chi connectivity index (χ2v) is 8.67. The summed E-state index contributed by atoms with van der Waals surface area (Å²) in [5.41, 5.74) is 4.46. The number of hydrogen-bond acceptors (Lipinski definition) is 4. The summed E-state index contributed by atoms with van der Waals surface area (Å²) >= 11 is 8.09. The maximum atomic E-state index is 11.3. The zero-order chi connectivity index (χ0) is 19.8. The van der Waals surface area contributed by atoms with Crippen molar-refractivity contribution < 1.29 is 9.90 Å². The summed E-state index contributed by atoms with van der Waals surface area (Å²) in [5, 5.41) is 16.8. The predicted octanol–water partition coefficient (Wildman–Crippen LogP) is 4.23. The van der Waals surface area contributed by atoms with E-state index in [-0.39, 0.29) is 18.4 Å². The van der Waals surface area contributed by atoms with Crippen LogP contribution in [0.1, 0.15) is 18.9 Å². The monoisotopic (exact) mass is 412 g/mol. The van der Waals surface area contributed by atoms with Gasteiger partial charge in [-0.3, -0.25) is 4.79 Å². The second kappa shape index (κ2) is 7.68. The number of hydrogen-bond donors (Lipinski definition) is 2. The minimum atomic E-state index is -0.783. The topological polar surface area (TPSA) is 52.6 Å². The number of halogens is 1. The molecule has 0 saturated carbocycles. The summed E-state index contributed by atoms with van der Waals surface area (Å²) in [4.78, 5) is 13.6. The molecule has 0 spiro atoms. The van der Waals surface area contributed by atoms with Gasteiger partial charge in [0.05, 0.1) is 22.8 Å². The molecule has 2 N–H and O–H groups in total. The molecule has 4 rings (SSSR count). The van der Waals surface area contributed by atoms with Crippen LogP contribution in [0.4, 0.5) is 5.69 Å². The van der Waals surface area contributed by atoms with Gasteiger partial charge in [-0.1, -0.05) is 35.3 Å². The van der Waals surface area contributed by atoms with Crippen LogP contribution in [-0.2, 0) is 11.3 Å². The lowest BCUT2D eigenvalue weighted by Crippen LogP contribution is -2.31. The lowest BCUT2D eigenvalue weighted by atomic mass is 9.81. The first kappa shape index (κ1) is 19.2. The molecule has 0 bridgehead atoms. The van der Waals surface area contributed by atoms with Crippen molar-refractivity contribution in [2.45, 2.75) is 25.9 Å². The Bertz CT molecular complexity index is 1030. The Kier molecular flexibility index (Phi) is 5.26. The van der Waals surface area contributed by atoms with Crippen LogP contribution in [0.5, 0.6) is 0 Å². The molecule has 4 nitrogen and oxygen atoms in total. The Labute approximate surface area is 174 Å². The van der Waals surface area contributed by atoms with Crippen LogP contribution in [0.3, 0.4) is 0 Å². The number of carboxylic acids is 1. The third-order valence-corrected chi connectivity index (χ3v) is 6.60. The smallest absolute Gasteiger partial charge is 0.307 e. The van der Waals surface area contributed by atoms with Crippen molar-refractivity contribution in [2.75, 3.05) is 11.9 Å². The van der Waals surface area contributed by atoms with E-state index in [0.29, 0.717) is 0 Å². The van der Waals surface area contributed by atoms with Crippen LogP contribution in [0.25, 0.3) is 10.1 Å². The van der Waals surface area contributed by atoms with E-state index in [9.17, 15) is 9.90 Å². The molecule has 1 aliphatic carbocycles. The molecule has 0 radical (unpaired) electrons. The van der Waals surface area contributed by atoms with Gasteiger partial charge in [0.15, 0.2) is 0 Å². The standard InChI is InChI=1S/C21H22BClN2O2S/c1-2-24-18-8-15(23)7-17-13(11-28-21(17)18)10-25-9-12(5-20(26)27)16-4-3-14(22)6-19(16)25/h3-4,6-9,11,16,19,24H,2,5,10,22H2,1H3,(H,26,27). The molecule has 0 saturated heterocycles. The number of nitrogens with zero attached hydrogens (tertiary/aromatic N) is 1. The van der Waals surface area contributed by atoms with Crippen molar-refractivity contribution >= 4 is 52.5 Å². The van der Waals surface area contributed by atoms with Gasteiger partial charge in [-0.15, -0.1) is 11.3 Å². The zero-order valence-electron chi connectivity index (χ0n) is 15.9. The van der Waals surface area contributed by atoms with E-state index in [2.05, 4.69) is 48.6 Å². The Balaban J connectivity index is 1.69. The molecule has 2 atom stereocenters. The highest BCUT2D eigenvalue weighted by Gasteiger charge is 2.34. The van der Waals surface area contributed by atoms with Crippen molar-refractivity contribution in [3.05, 3.63) is 63.6 Å². The van der Waals surface area contributed by atoms with Crippen molar-refractivity contribution in [1.29, 1.82) is 0 Å². The average molecular weight is 413 g/mol. The molecule has 7 heteroatoms. The molecule has 0 amide bonds. The van der Waals surface area contributed by atoms with Crippen molar-refractivity contribution in [3.8, 4) is 0 Å². The van der Waals surface area contributed by atoms with Gasteiger partial charge < -0.3 is 15.3 Å². The second-order valence-electron chi connectivity index (χ2n) is 7.35. The molecular formula is C21H22BClN2O2S. The number of fused-ring (bicyclic) bond motifs is 2. The molecule has 0 fully saturated rings. The van der Waals surface area contributed by atoms with Crippen LogP contribution in [0.15, 0.2) is 53.0 Å². The lowest BCUT2D eigenvalue weighted by Gasteiger charge is -2.29. The van der Waals surface area contributed by atoms with Crippen molar-refractivity contribution in [2.24, 2.45) is 5.92 Å². The van der Waals surface area contributed by atoms with Crippen LogP contribution in [0, 0.1) is 5.92 Å². The Morgan fingerprint density at radius 3 is 3.00 bits per heavy atom. The van der Waals surface area contributed by atoms with Gasteiger partial charge in [-0.25, -0.2) is 0 Å². The van der Waals surface area contributed by atoms with Gasteiger partial charge in [0.25, 0.3) is 0 Å². The number of allylic oxidation sites excluding steroid dienone is 2. The summed E-state index contributed by atoms with van der Waals surface area (Å²) in [7, 11) is 2.09. The van der Waals surface area contributed by atoms with E-state index in [1.54, 1.807) is 11.3 Å². The molecule has 2 heterocycles. The predicted molar refractivity (Wildman–Crippen MR) is 120 cm³/mol. The van der Waals surface area contributed by atoms with Crippen LogP contribution < -0.4 is 5.32 Å². The van der Waals surface area contributed by atoms with E-state index in [4.69, 9.17) is 11.6 Å². The molecule has 2 aliphatic rings. The summed E-state index contributed by atoms with van der Waals surface area (Å²) < 4.78 is 1.21. The summed E-state index contributed by atoms with van der Waals surface area (Å²) in [5.74, 6) is -0.653. The van der Waals surface area contributed by atoms with Gasteiger partial charge in [-0.05, 0) is 35.6 Å². The first-order chi connectivity index (χ1) is 13.5. The largest absolute Gasteiger partial charge is 0.481 e. The molecular weight excluding hydrogens is 391 g/mol. The van der Waals surface area contributed by atoms with Crippen LogP contribution in [-0.4, -0.2) is 36.4 Å². The van der Waals surface area contributed by atoms with E-state index in [1.807, 2.05) is 18.3 Å². The highest BCUT2D eigenvalue weighted by Crippen LogP contribution is 2.40. The van der Waals surface area contributed by atoms with Gasteiger partial charge in [0.1, 0.15) is 7.85 Å². The number of nitrogens with one attached hydrogen (secondary N) is 1. The first-order valence-corrected chi connectivity index (χ1v) is 10.7. The Morgan fingerprint density at radius 1 is 1.43 bits per heavy atom. The summed E-state index contributed by atoms with van der Waals surface area (Å²) in [6.45, 7) is 3.65. The number of anilines is 1. The highest BCUT2D eigenvalue weighted by molar-refractivity contribution is 7.18. The third-order valence-electron chi connectivity index (χ3n) is 5.30. The highest BCUT2D eigenvalue weighted by atomic mass is 35.5. The number of carbonyl (C=O) groups is 1. The maximum Gasteiger partial charge on any atom is 0.307 e. The average Bonchev–Trinajstić information content (AvgIpc) is 3.17. The first-order valence-electron chi connectivity index (χ1n) is 9.44. The van der Waals surface area contributed by atoms with Gasteiger partial charge >= 0.3 is 5.97 Å². The third kappa shape index (κ3) is 3.59. The van der Waals surface area contributed by atoms with E-state index < -0.39 is 5.97 Å². The Morgan fingerprint density at radius 2 is 2.25 bits per heavy atom. The van der Waals surface area contributed by atoms with Crippen molar-refractivity contribution in [1.82, 2.24) is 4.90 Å². The fourth-order valence-electron chi connectivity index (χ4n) is 4.11. The molecule has 1 aromatic carbocycles. The van der Waals surface area contributed by atoms with E-state index >= 15 is 0 Å². The summed E-state index contributed by atoms with van der Waals surface area (Å²) in [6, 6.07) is 4.17. The number of benzene rings is 1. The number of aliphatic carboxylic acids is 1. The van der Waals surface area contributed by atoms with Gasteiger partial charge in [-0.2, -0.15) is 0 Å². The quantitative estimate of drug-likeness (QED) is 0.697. The number of rotatable bonds is 6. The molecule has 1 aromatic heterocycles.